The van der Waals surface area contributed by atoms with Crippen LogP contribution in [-0.2, 0) is 14.3 Å². The Labute approximate surface area is 127 Å². The van der Waals surface area contributed by atoms with Crippen LogP contribution in [0.5, 0.6) is 0 Å². The van der Waals surface area contributed by atoms with Gasteiger partial charge in [-0.3, -0.25) is 9.59 Å². The molecule has 1 rings (SSSR count). The van der Waals surface area contributed by atoms with Gasteiger partial charge >= 0.3 is 11.9 Å². The molecule has 0 radical (unpaired) electrons. The molecule has 1 aliphatic carbocycles. The Kier molecular flexibility index (Phi) is 6.93. The van der Waals surface area contributed by atoms with E-state index in [2.05, 4.69) is 13.8 Å². The zero-order chi connectivity index (χ0) is 15.9. The maximum absolute atomic E-state index is 12.4. The number of carbonyl (C=O) groups excluding carboxylic acids is 1. The third kappa shape index (κ3) is 4.58. The second-order valence-electron chi connectivity index (χ2n) is 6.23. The van der Waals surface area contributed by atoms with Crippen LogP contribution in [0, 0.1) is 17.3 Å². The first-order valence-electron chi connectivity index (χ1n) is 8.00. The fourth-order valence-corrected chi connectivity index (χ4v) is 2.82. The van der Waals surface area contributed by atoms with Gasteiger partial charge in [0, 0.05) is 0 Å². The van der Waals surface area contributed by atoms with Gasteiger partial charge in [0.15, 0.2) is 0 Å². The highest BCUT2D eigenvalue weighted by molar-refractivity contribution is 5.85. The lowest BCUT2D eigenvalue weighted by Gasteiger charge is -2.34. The Hall–Kier alpha value is -1.32. The van der Waals surface area contributed by atoms with E-state index in [1.165, 1.54) is 0 Å². The summed E-state index contributed by atoms with van der Waals surface area (Å²) in [6.07, 6.45) is 8.86. The van der Waals surface area contributed by atoms with Gasteiger partial charge in [0.05, 0.1) is 17.9 Å². The van der Waals surface area contributed by atoms with Gasteiger partial charge in [-0.25, -0.2) is 0 Å². The van der Waals surface area contributed by atoms with Crippen LogP contribution in [0.2, 0.25) is 0 Å². The highest BCUT2D eigenvalue weighted by atomic mass is 16.5. The van der Waals surface area contributed by atoms with Gasteiger partial charge in [-0.05, 0) is 32.1 Å². The first-order valence-corrected chi connectivity index (χ1v) is 8.00. The molecule has 3 atom stereocenters. The van der Waals surface area contributed by atoms with Crippen molar-refractivity contribution in [1.82, 2.24) is 0 Å². The van der Waals surface area contributed by atoms with Crippen LogP contribution >= 0.6 is 0 Å². The Balaban J connectivity index is 2.63. The topological polar surface area (TPSA) is 63.6 Å². The van der Waals surface area contributed by atoms with E-state index in [9.17, 15) is 14.7 Å². The number of ether oxygens (including phenoxy) is 1. The van der Waals surface area contributed by atoms with Crippen molar-refractivity contribution in [3.8, 4) is 0 Å². The average molecular weight is 296 g/mol. The minimum Gasteiger partial charge on any atom is -0.481 e. The molecule has 0 aromatic heterocycles. The number of unbranched alkanes of at least 4 members (excludes halogenated alkanes) is 1. The normalized spacial score (nSPS) is 26.3. The SMILES string of the molecule is CCCCC(CC)COC(=O)C1(C)CC=CCC1C(=O)O. The Bertz CT molecular complexity index is 388. The molecule has 1 N–H and O–H groups in total. The summed E-state index contributed by atoms with van der Waals surface area (Å²) in [7, 11) is 0. The van der Waals surface area contributed by atoms with Crippen molar-refractivity contribution < 1.29 is 19.4 Å². The fraction of sp³-hybridized carbons (Fsp3) is 0.765. The lowest BCUT2D eigenvalue weighted by atomic mass is 9.70. The van der Waals surface area contributed by atoms with Crippen LogP contribution in [0.15, 0.2) is 12.2 Å². The summed E-state index contributed by atoms with van der Waals surface area (Å²) in [6, 6.07) is 0. The molecule has 0 fully saturated rings. The lowest BCUT2D eigenvalue weighted by molar-refractivity contribution is -0.167. The van der Waals surface area contributed by atoms with Gasteiger partial charge in [-0.1, -0.05) is 45.3 Å². The minimum atomic E-state index is -0.941. The average Bonchev–Trinajstić information content (AvgIpc) is 2.47. The van der Waals surface area contributed by atoms with E-state index in [-0.39, 0.29) is 5.97 Å². The summed E-state index contributed by atoms with van der Waals surface area (Å²) >= 11 is 0. The number of hydrogen-bond acceptors (Lipinski definition) is 3. The predicted octanol–water partition coefficient (Wildman–Crippen LogP) is 3.80. The molecule has 0 aliphatic heterocycles. The van der Waals surface area contributed by atoms with E-state index in [1.807, 2.05) is 12.2 Å². The van der Waals surface area contributed by atoms with Crippen molar-refractivity contribution in [2.24, 2.45) is 17.3 Å². The van der Waals surface area contributed by atoms with Gasteiger partial charge in [-0.15, -0.1) is 0 Å². The Morgan fingerprint density at radius 3 is 2.67 bits per heavy atom. The van der Waals surface area contributed by atoms with E-state index in [0.29, 0.717) is 25.4 Å². The smallest absolute Gasteiger partial charge is 0.313 e. The van der Waals surface area contributed by atoms with Crippen molar-refractivity contribution in [1.29, 1.82) is 0 Å². The second kappa shape index (κ2) is 8.20. The third-order valence-corrected chi connectivity index (χ3v) is 4.61. The highest BCUT2D eigenvalue weighted by Gasteiger charge is 2.46. The molecule has 0 amide bonds. The minimum absolute atomic E-state index is 0.366. The molecule has 4 nitrogen and oxygen atoms in total. The highest BCUT2D eigenvalue weighted by Crippen LogP contribution is 2.39. The molecule has 4 heteroatoms. The van der Waals surface area contributed by atoms with E-state index in [4.69, 9.17) is 4.74 Å². The largest absolute Gasteiger partial charge is 0.481 e. The third-order valence-electron chi connectivity index (χ3n) is 4.61. The first-order chi connectivity index (χ1) is 9.95. The van der Waals surface area contributed by atoms with Crippen molar-refractivity contribution in [2.45, 2.75) is 59.3 Å². The Morgan fingerprint density at radius 2 is 2.10 bits per heavy atom. The number of esters is 1. The van der Waals surface area contributed by atoms with Gasteiger partial charge < -0.3 is 9.84 Å². The predicted molar refractivity (Wildman–Crippen MR) is 81.9 cm³/mol. The van der Waals surface area contributed by atoms with Crippen molar-refractivity contribution in [2.75, 3.05) is 6.61 Å². The molecule has 0 heterocycles. The number of aliphatic carboxylic acids is 1. The van der Waals surface area contributed by atoms with Gasteiger partial charge in [0.25, 0.3) is 0 Å². The van der Waals surface area contributed by atoms with Crippen molar-refractivity contribution >= 4 is 11.9 Å². The number of carboxylic acids is 1. The summed E-state index contributed by atoms with van der Waals surface area (Å²) in [6.45, 7) is 6.36. The quantitative estimate of drug-likeness (QED) is 0.546. The molecular formula is C17H28O4. The second-order valence-corrected chi connectivity index (χ2v) is 6.23. The molecule has 0 aromatic carbocycles. The standard InChI is InChI=1S/C17H28O4/c1-4-6-9-13(5-2)12-21-16(20)17(3)11-8-7-10-14(17)15(18)19/h7-8,13-14H,4-6,9-12H2,1-3H3,(H,18,19). The molecule has 0 saturated carbocycles. The summed E-state index contributed by atoms with van der Waals surface area (Å²) in [5.74, 6) is -1.60. The number of carboxylic acid groups (broad SMARTS) is 1. The molecule has 1 aliphatic rings. The van der Waals surface area contributed by atoms with Crippen molar-refractivity contribution in [3.05, 3.63) is 12.2 Å². The van der Waals surface area contributed by atoms with Crippen LogP contribution in [-0.4, -0.2) is 23.7 Å². The van der Waals surface area contributed by atoms with Crippen LogP contribution < -0.4 is 0 Å². The van der Waals surface area contributed by atoms with Crippen LogP contribution in [0.3, 0.4) is 0 Å². The maximum atomic E-state index is 12.4. The van der Waals surface area contributed by atoms with Crippen LogP contribution in [0.4, 0.5) is 0 Å². The zero-order valence-electron chi connectivity index (χ0n) is 13.4. The molecule has 120 valence electrons. The van der Waals surface area contributed by atoms with E-state index in [1.54, 1.807) is 6.92 Å². The van der Waals surface area contributed by atoms with Crippen LogP contribution in [0.1, 0.15) is 59.3 Å². The summed E-state index contributed by atoms with van der Waals surface area (Å²) in [5.41, 5.74) is -0.941. The van der Waals surface area contributed by atoms with Gasteiger partial charge in [-0.2, -0.15) is 0 Å². The number of rotatable bonds is 8. The molecule has 0 aromatic rings. The molecule has 0 saturated heterocycles. The number of allylic oxidation sites excluding steroid dienone is 2. The van der Waals surface area contributed by atoms with E-state index < -0.39 is 17.3 Å². The molecular weight excluding hydrogens is 268 g/mol. The van der Waals surface area contributed by atoms with E-state index in [0.717, 1.165) is 25.7 Å². The molecule has 3 unspecified atom stereocenters. The molecule has 0 bridgehead atoms. The maximum Gasteiger partial charge on any atom is 0.313 e. The van der Waals surface area contributed by atoms with Crippen LogP contribution in [0.25, 0.3) is 0 Å². The monoisotopic (exact) mass is 296 g/mol. The zero-order valence-corrected chi connectivity index (χ0v) is 13.4. The Morgan fingerprint density at radius 1 is 1.38 bits per heavy atom. The lowest BCUT2D eigenvalue weighted by Crippen LogP contribution is -2.42. The number of hydrogen-bond donors (Lipinski definition) is 1. The van der Waals surface area contributed by atoms with E-state index >= 15 is 0 Å². The summed E-state index contributed by atoms with van der Waals surface area (Å²) < 4.78 is 5.48. The molecule has 21 heavy (non-hydrogen) atoms. The summed E-state index contributed by atoms with van der Waals surface area (Å²) in [5, 5.41) is 9.32. The number of carbonyl (C=O) groups is 2. The summed E-state index contributed by atoms with van der Waals surface area (Å²) in [4.78, 5) is 23.8. The molecule has 0 spiro atoms. The van der Waals surface area contributed by atoms with Gasteiger partial charge in [0.2, 0.25) is 0 Å². The fourth-order valence-electron chi connectivity index (χ4n) is 2.82. The van der Waals surface area contributed by atoms with Crippen molar-refractivity contribution in [3.63, 3.8) is 0 Å². The van der Waals surface area contributed by atoms with Gasteiger partial charge in [0.1, 0.15) is 0 Å². The first kappa shape index (κ1) is 17.7.